The maximum atomic E-state index is 13.0. The molecule has 4 nitrogen and oxygen atoms in total. The highest BCUT2D eigenvalue weighted by Crippen LogP contribution is 2.36. The van der Waals surface area contributed by atoms with Crippen LogP contribution in [-0.4, -0.2) is 11.0 Å². The summed E-state index contributed by atoms with van der Waals surface area (Å²) in [6.07, 6.45) is -6.33. The van der Waals surface area contributed by atoms with Crippen LogP contribution in [0.3, 0.4) is 0 Å². The molecule has 2 aromatic carbocycles. The second kappa shape index (κ2) is 7.53. The van der Waals surface area contributed by atoms with Gasteiger partial charge in [0.05, 0.1) is 11.1 Å². The van der Waals surface area contributed by atoms with Gasteiger partial charge in [-0.2, -0.15) is 26.3 Å². The maximum Gasteiger partial charge on any atom is 0.416 e. The van der Waals surface area contributed by atoms with E-state index in [0.29, 0.717) is 23.9 Å². The first kappa shape index (κ1) is 20.3. The molecule has 0 unspecified atom stereocenters. The van der Waals surface area contributed by atoms with E-state index in [9.17, 15) is 31.1 Å². The number of fused-ring (bicyclic) bond motifs is 1. The number of amides is 2. The van der Waals surface area contributed by atoms with Crippen molar-refractivity contribution in [1.29, 1.82) is 0 Å². The number of H-pyrrole nitrogens is 1. The van der Waals surface area contributed by atoms with E-state index >= 15 is 0 Å². The zero-order chi connectivity index (χ0) is 21.2. The Morgan fingerprint density at radius 2 is 1.69 bits per heavy atom. The van der Waals surface area contributed by atoms with Crippen LogP contribution in [0.1, 0.15) is 16.7 Å². The molecule has 152 valence electrons. The minimum absolute atomic E-state index is 0.356. The van der Waals surface area contributed by atoms with E-state index in [2.05, 4.69) is 15.6 Å². The lowest BCUT2D eigenvalue weighted by molar-refractivity contribution is -0.141. The summed E-state index contributed by atoms with van der Waals surface area (Å²) in [4.78, 5) is 14.9. The Labute approximate surface area is 160 Å². The number of nitrogens with one attached hydrogen (secondary N) is 3. The van der Waals surface area contributed by atoms with E-state index in [1.807, 2.05) is 0 Å². The summed E-state index contributed by atoms with van der Waals surface area (Å²) in [5, 5.41) is 5.48. The Bertz CT molecular complexity index is 1070. The van der Waals surface area contributed by atoms with Crippen molar-refractivity contribution < 1.29 is 31.1 Å². The van der Waals surface area contributed by atoms with Crippen LogP contribution in [0.15, 0.2) is 54.9 Å². The minimum Gasteiger partial charge on any atom is -0.361 e. The highest BCUT2D eigenvalue weighted by molar-refractivity contribution is 5.93. The molecule has 3 aromatic rings. The topological polar surface area (TPSA) is 56.9 Å². The zero-order valence-electron chi connectivity index (χ0n) is 14.4. The van der Waals surface area contributed by atoms with Gasteiger partial charge in [0.1, 0.15) is 0 Å². The Balaban J connectivity index is 1.75. The van der Waals surface area contributed by atoms with Crippen LogP contribution in [0.25, 0.3) is 17.0 Å². The van der Waals surface area contributed by atoms with Crippen LogP contribution in [0.5, 0.6) is 0 Å². The summed E-state index contributed by atoms with van der Waals surface area (Å²) >= 11 is 0. The molecule has 0 saturated carbocycles. The van der Waals surface area contributed by atoms with Crippen molar-refractivity contribution in [2.75, 3.05) is 5.32 Å². The molecule has 0 aliphatic rings. The van der Waals surface area contributed by atoms with Crippen molar-refractivity contribution in [2.24, 2.45) is 0 Å². The molecule has 3 N–H and O–H groups in total. The fourth-order valence-corrected chi connectivity index (χ4v) is 2.64. The van der Waals surface area contributed by atoms with Crippen molar-refractivity contribution in [3.05, 3.63) is 71.6 Å². The Hall–Kier alpha value is -3.43. The number of aromatic amines is 1. The number of aromatic nitrogens is 1. The number of benzene rings is 2. The predicted octanol–water partition coefficient (Wildman–Crippen LogP) is 6.00. The van der Waals surface area contributed by atoms with Gasteiger partial charge < -0.3 is 15.6 Å². The van der Waals surface area contributed by atoms with Crippen molar-refractivity contribution in [2.45, 2.75) is 12.4 Å². The largest absolute Gasteiger partial charge is 0.416 e. The van der Waals surface area contributed by atoms with Gasteiger partial charge in [-0.3, -0.25) is 0 Å². The summed E-state index contributed by atoms with van der Waals surface area (Å²) in [6, 6.07) is 7.10. The Kier molecular flexibility index (Phi) is 5.27. The number of halogens is 6. The van der Waals surface area contributed by atoms with Crippen LogP contribution < -0.4 is 10.6 Å². The van der Waals surface area contributed by atoms with Crippen molar-refractivity contribution in [3.63, 3.8) is 0 Å². The maximum absolute atomic E-state index is 13.0. The molecule has 0 aliphatic carbocycles. The molecular formula is C19H13F6N3O. The average Bonchev–Trinajstić information content (AvgIpc) is 3.07. The molecule has 1 heterocycles. The van der Waals surface area contributed by atoms with Gasteiger partial charge >= 0.3 is 18.4 Å². The quantitative estimate of drug-likeness (QED) is 0.454. The Morgan fingerprint density at radius 3 is 2.38 bits per heavy atom. The van der Waals surface area contributed by atoms with Gasteiger partial charge in [0.25, 0.3) is 0 Å². The lowest BCUT2D eigenvalue weighted by Gasteiger charge is -2.13. The standard InChI is InChI=1S/C19H13F6N3O/c20-18(21,22)13-1-3-15(19(23,24)25)11(9-13)5-8-27-17(29)28-14-2-4-16-12(10-14)6-7-26-16/h1-10,26H,(H2,27,28,29)/b8-5+. The van der Waals surface area contributed by atoms with Gasteiger partial charge in [0.15, 0.2) is 0 Å². The molecule has 2 amide bonds. The molecule has 3 rings (SSSR count). The SMILES string of the molecule is O=C(N/C=C/c1cc(C(F)(F)F)ccc1C(F)(F)F)Nc1ccc2[nH]ccc2c1. The third-order valence-electron chi connectivity index (χ3n) is 3.97. The number of carbonyl (C=O) groups is 1. The number of anilines is 1. The van der Waals surface area contributed by atoms with Gasteiger partial charge in [0.2, 0.25) is 0 Å². The Morgan fingerprint density at radius 1 is 0.931 bits per heavy atom. The smallest absolute Gasteiger partial charge is 0.361 e. The van der Waals surface area contributed by atoms with Gasteiger partial charge in [-0.1, -0.05) is 0 Å². The summed E-state index contributed by atoms with van der Waals surface area (Å²) in [5.41, 5.74) is -1.92. The van der Waals surface area contributed by atoms with Crippen LogP contribution in [0, 0.1) is 0 Å². The molecule has 10 heteroatoms. The molecule has 0 bridgehead atoms. The zero-order valence-corrected chi connectivity index (χ0v) is 14.4. The van der Waals surface area contributed by atoms with Gasteiger partial charge in [-0.15, -0.1) is 0 Å². The first-order chi connectivity index (χ1) is 13.5. The van der Waals surface area contributed by atoms with Gasteiger partial charge in [0, 0.05) is 29.0 Å². The fraction of sp³-hybridized carbons (Fsp3) is 0.105. The molecule has 0 aliphatic heterocycles. The summed E-state index contributed by atoms with van der Waals surface area (Å²) < 4.78 is 77.5. The normalized spacial score (nSPS) is 12.5. The summed E-state index contributed by atoms with van der Waals surface area (Å²) in [5.74, 6) is 0. The first-order valence-corrected chi connectivity index (χ1v) is 8.14. The summed E-state index contributed by atoms with van der Waals surface area (Å²) in [6.45, 7) is 0. The summed E-state index contributed by atoms with van der Waals surface area (Å²) in [7, 11) is 0. The van der Waals surface area contributed by atoms with Gasteiger partial charge in [-0.25, -0.2) is 4.79 Å². The molecule has 0 saturated heterocycles. The van der Waals surface area contributed by atoms with Gasteiger partial charge in [-0.05, 0) is 54.1 Å². The van der Waals surface area contributed by atoms with E-state index < -0.39 is 35.1 Å². The number of carbonyl (C=O) groups excluding carboxylic acids is 1. The van der Waals surface area contributed by atoms with E-state index in [4.69, 9.17) is 0 Å². The van der Waals surface area contributed by atoms with Crippen LogP contribution in [0.2, 0.25) is 0 Å². The highest BCUT2D eigenvalue weighted by Gasteiger charge is 2.36. The van der Waals surface area contributed by atoms with Crippen LogP contribution >= 0.6 is 0 Å². The minimum atomic E-state index is -4.85. The number of rotatable bonds is 3. The molecule has 0 fully saturated rings. The van der Waals surface area contributed by atoms with E-state index in [-0.39, 0.29) is 0 Å². The molecular weight excluding hydrogens is 400 g/mol. The van der Waals surface area contributed by atoms with E-state index in [1.54, 1.807) is 30.5 Å². The number of hydrogen-bond donors (Lipinski definition) is 3. The number of urea groups is 1. The van der Waals surface area contributed by atoms with Crippen molar-refractivity contribution in [3.8, 4) is 0 Å². The monoisotopic (exact) mass is 413 g/mol. The average molecular weight is 413 g/mol. The van der Waals surface area contributed by atoms with Crippen LogP contribution in [-0.2, 0) is 12.4 Å². The number of hydrogen-bond acceptors (Lipinski definition) is 1. The van der Waals surface area contributed by atoms with Crippen molar-refractivity contribution >= 4 is 28.7 Å². The first-order valence-electron chi connectivity index (χ1n) is 8.14. The highest BCUT2D eigenvalue weighted by atomic mass is 19.4. The predicted molar refractivity (Wildman–Crippen MR) is 95.9 cm³/mol. The molecule has 0 radical (unpaired) electrons. The second-order valence-corrected chi connectivity index (χ2v) is 6.01. The third kappa shape index (κ3) is 4.89. The van der Waals surface area contributed by atoms with E-state index in [1.165, 1.54) is 0 Å². The fourth-order valence-electron chi connectivity index (χ4n) is 2.64. The molecule has 1 aromatic heterocycles. The molecule has 0 spiro atoms. The van der Waals surface area contributed by atoms with Crippen molar-refractivity contribution in [1.82, 2.24) is 10.3 Å². The lowest BCUT2D eigenvalue weighted by atomic mass is 10.0. The molecule has 29 heavy (non-hydrogen) atoms. The molecule has 0 atom stereocenters. The second-order valence-electron chi connectivity index (χ2n) is 6.01. The number of alkyl halides is 6. The third-order valence-corrected chi connectivity index (χ3v) is 3.97. The van der Waals surface area contributed by atoms with Crippen LogP contribution in [0.4, 0.5) is 36.8 Å². The lowest BCUT2D eigenvalue weighted by Crippen LogP contribution is -2.23. The van der Waals surface area contributed by atoms with E-state index in [0.717, 1.165) is 23.2 Å².